The number of nitrogens with zero attached hydrogens (tertiary/aromatic N) is 1. The van der Waals surface area contributed by atoms with Crippen LogP contribution in [0.15, 0.2) is 0 Å². The van der Waals surface area contributed by atoms with Crippen molar-refractivity contribution in [2.75, 3.05) is 45.9 Å². The van der Waals surface area contributed by atoms with Gasteiger partial charge in [-0.15, -0.1) is 0 Å². The molecule has 4 rings (SSSR count). The first-order chi connectivity index (χ1) is 16.3. The minimum absolute atomic E-state index is 0.0730. The molecule has 0 aromatic heterocycles. The normalized spacial score (nSPS) is 36.2. The van der Waals surface area contributed by atoms with E-state index in [1.807, 2.05) is 0 Å². The second-order valence-corrected chi connectivity index (χ2v) is 15.4. The molecule has 0 bridgehead atoms. The summed E-state index contributed by atoms with van der Waals surface area (Å²) in [6.45, 7) is 26.3. The molecule has 5 atom stereocenters. The largest absolute Gasteiger partial charge is 0.377 e. The lowest BCUT2D eigenvalue weighted by Crippen LogP contribution is -2.61. The van der Waals surface area contributed by atoms with Crippen molar-refractivity contribution in [3.63, 3.8) is 0 Å². The summed E-state index contributed by atoms with van der Waals surface area (Å²) >= 11 is 0. The molecule has 4 aliphatic rings. The van der Waals surface area contributed by atoms with E-state index in [0.29, 0.717) is 29.5 Å². The van der Waals surface area contributed by atoms with E-state index in [4.69, 9.17) is 9.47 Å². The van der Waals surface area contributed by atoms with Crippen LogP contribution >= 0.6 is 0 Å². The maximum atomic E-state index is 6.81. The zero-order valence-electron chi connectivity index (χ0n) is 24.3. The molecule has 0 aromatic carbocycles. The van der Waals surface area contributed by atoms with Crippen molar-refractivity contribution >= 4 is 0 Å². The maximum Gasteiger partial charge on any atom is 0.0606 e. The summed E-state index contributed by atoms with van der Waals surface area (Å²) in [5.41, 5.74) is 0.890. The number of rotatable bonds is 6. The van der Waals surface area contributed by atoms with Crippen molar-refractivity contribution in [3.05, 3.63) is 0 Å². The maximum absolute atomic E-state index is 6.81. The first-order valence-corrected chi connectivity index (χ1v) is 14.7. The van der Waals surface area contributed by atoms with Crippen LogP contribution in [-0.4, -0.2) is 74.1 Å². The number of hydrogen-bond acceptors (Lipinski definition) is 5. The highest BCUT2D eigenvalue weighted by molar-refractivity contribution is 5.03. The van der Waals surface area contributed by atoms with Gasteiger partial charge < -0.3 is 20.1 Å². The van der Waals surface area contributed by atoms with Gasteiger partial charge in [-0.3, -0.25) is 4.90 Å². The summed E-state index contributed by atoms with van der Waals surface area (Å²) in [4.78, 5) is 2.79. The van der Waals surface area contributed by atoms with Crippen molar-refractivity contribution in [2.45, 2.75) is 117 Å². The third-order valence-electron chi connectivity index (χ3n) is 9.33. The summed E-state index contributed by atoms with van der Waals surface area (Å²) in [5, 5.41) is 7.24. The van der Waals surface area contributed by atoms with Crippen LogP contribution in [0.1, 0.15) is 93.9 Å². The van der Waals surface area contributed by atoms with Crippen molar-refractivity contribution in [1.82, 2.24) is 15.5 Å². The fraction of sp³-hybridized carbons (Fsp3) is 1.00. The highest BCUT2D eigenvalue weighted by atomic mass is 16.5. The Hall–Kier alpha value is -0.200. The quantitative estimate of drug-likeness (QED) is 0.542. The van der Waals surface area contributed by atoms with E-state index >= 15 is 0 Å². The molecule has 204 valence electrons. The van der Waals surface area contributed by atoms with E-state index in [1.54, 1.807) is 0 Å². The molecule has 0 aromatic rings. The lowest BCUT2D eigenvalue weighted by Gasteiger charge is -2.55. The minimum Gasteiger partial charge on any atom is -0.377 e. The number of nitrogens with one attached hydrogen (secondary N) is 2. The van der Waals surface area contributed by atoms with Gasteiger partial charge in [0, 0.05) is 44.8 Å². The van der Waals surface area contributed by atoms with Gasteiger partial charge in [0.2, 0.25) is 0 Å². The fourth-order valence-corrected chi connectivity index (χ4v) is 7.42. The predicted octanol–water partition coefficient (Wildman–Crippen LogP) is 5.09. The zero-order valence-corrected chi connectivity index (χ0v) is 24.3. The van der Waals surface area contributed by atoms with Crippen LogP contribution in [0.3, 0.4) is 0 Å². The second-order valence-electron chi connectivity index (χ2n) is 15.4. The molecule has 0 radical (unpaired) electrons. The van der Waals surface area contributed by atoms with Crippen LogP contribution in [0.5, 0.6) is 0 Å². The molecule has 4 fully saturated rings. The average molecular weight is 492 g/mol. The van der Waals surface area contributed by atoms with Gasteiger partial charge in [0.15, 0.2) is 0 Å². The monoisotopic (exact) mass is 491 g/mol. The number of ether oxygens (including phenoxy) is 2. The molecule has 2 aliphatic heterocycles. The highest BCUT2D eigenvalue weighted by Gasteiger charge is 2.50. The Labute approximate surface area is 216 Å². The Morgan fingerprint density at radius 2 is 1.66 bits per heavy atom. The molecule has 2 N–H and O–H groups in total. The molecule has 2 saturated heterocycles. The topological polar surface area (TPSA) is 45.8 Å². The fourth-order valence-electron chi connectivity index (χ4n) is 7.42. The van der Waals surface area contributed by atoms with Crippen LogP contribution in [-0.2, 0) is 9.47 Å². The molecule has 5 nitrogen and oxygen atoms in total. The number of hydrogen-bond donors (Lipinski definition) is 2. The molecule has 5 heteroatoms. The molecule has 35 heavy (non-hydrogen) atoms. The average Bonchev–Trinajstić information content (AvgIpc) is 2.72. The number of piperazine rings is 1. The lowest BCUT2D eigenvalue weighted by atomic mass is 9.58. The third-order valence-corrected chi connectivity index (χ3v) is 9.33. The summed E-state index contributed by atoms with van der Waals surface area (Å²) < 4.78 is 13.4. The van der Waals surface area contributed by atoms with Crippen molar-refractivity contribution < 1.29 is 9.47 Å². The van der Waals surface area contributed by atoms with Gasteiger partial charge in [-0.1, -0.05) is 20.8 Å². The smallest absolute Gasteiger partial charge is 0.0606 e. The minimum atomic E-state index is -0.0730. The molecule has 1 spiro atoms. The van der Waals surface area contributed by atoms with Crippen molar-refractivity contribution in [2.24, 2.45) is 28.6 Å². The van der Waals surface area contributed by atoms with E-state index in [0.717, 1.165) is 25.6 Å². The summed E-state index contributed by atoms with van der Waals surface area (Å²) in [5.74, 6) is 2.07. The van der Waals surface area contributed by atoms with Crippen LogP contribution in [0.4, 0.5) is 0 Å². The van der Waals surface area contributed by atoms with Gasteiger partial charge in [-0.25, -0.2) is 0 Å². The Morgan fingerprint density at radius 1 is 0.914 bits per heavy atom. The molecule has 2 heterocycles. The van der Waals surface area contributed by atoms with Gasteiger partial charge in [-0.2, -0.15) is 0 Å². The summed E-state index contributed by atoms with van der Waals surface area (Å²) in [7, 11) is 0. The Morgan fingerprint density at radius 3 is 2.26 bits per heavy atom. The molecule has 2 aliphatic carbocycles. The summed E-state index contributed by atoms with van der Waals surface area (Å²) in [6.07, 6.45) is 8.38. The van der Waals surface area contributed by atoms with Crippen molar-refractivity contribution in [1.29, 1.82) is 0 Å². The van der Waals surface area contributed by atoms with E-state index in [2.05, 4.69) is 70.9 Å². The van der Waals surface area contributed by atoms with Crippen LogP contribution in [0.2, 0.25) is 0 Å². The lowest BCUT2D eigenvalue weighted by molar-refractivity contribution is -0.137. The Kier molecular flexibility index (Phi) is 8.36. The van der Waals surface area contributed by atoms with E-state index in [-0.39, 0.29) is 16.6 Å². The second kappa shape index (κ2) is 10.5. The predicted molar refractivity (Wildman–Crippen MR) is 146 cm³/mol. The zero-order chi connectivity index (χ0) is 25.5. The van der Waals surface area contributed by atoms with Gasteiger partial charge in [0.05, 0.1) is 24.4 Å². The molecule has 2 saturated carbocycles. The third kappa shape index (κ3) is 7.22. The van der Waals surface area contributed by atoms with Crippen LogP contribution < -0.4 is 10.6 Å². The van der Waals surface area contributed by atoms with E-state index in [1.165, 1.54) is 64.7 Å². The SMILES string of the molecule is CC(C)(C)COC1CCC2(CNC2)CC1C1C[C@@H](OC(C)(C)C)CC[C@@H]1CN1CCNCC1(C)C. The van der Waals surface area contributed by atoms with Crippen molar-refractivity contribution in [3.8, 4) is 0 Å². The van der Waals surface area contributed by atoms with E-state index in [9.17, 15) is 0 Å². The summed E-state index contributed by atoms with van der Waals surface area (Å²) in [6, 6.07) is 0. The van der Waals surface area contributed by atoms with Crippen LogP contribution in [0.25, 0.3) is 0 Å². The first-order valence-electron chi connectivity index (χ1n) is 14.7. The van der Waals surface area contributed by atoms with Gasteiger partial charge in [-0.05, 0) is 102 Å². The van der Waals surface area contributed by atoms with Crippen LogP contribution in [0, 0.1) is 28.6 Å². The van der Waals surface area contributed by atoms with E-state index < -0.39 is 0 Å². The first kappa shape index (κ1) is 27.8. The Balaban J connectivity index is 1.57. The van der Waals surface area contributed by atoms with Gasteiger partial charge >= 0.3 is 0 Å². The molecule has 0 amide bonds. The molecule has 3 unspecified atom stereocenters. The highest BCUT2D eigenvalue weighted by Crippen LogP contribution is 2.51. The molecular weight excluding hydrogens is 434 g/mol. The van der Waals surface area contributed by atoms with Gasteiger partial charge in [0.1, 0.15) is 0 Å². The Bertz CT molecular complexity index is 691. The molecular formula is C30H57N3O2. The standard InChI is InChI=1S/C30H57N3O2/c1-27(2,3)21-34-26-11-12-30(19-32-20-30)16-25(26)24-15-23(35-28(4,5)6)10-9-22(24)17-33-14-13-31-18-29(33,7)8/h22-26,31-32H,9-21H2,1-8H3/t22-,23+,24?,25?,26?/m1/s1. The van der Waals surface area contributed by atoms with Gasteiger partial charge in [0.25, 0.3) is 0 Å².